The lowest BCUT2D eigenvalue weighted by Gasteiger charge is -2.42. The molecule has 124 valence electrons. The highest BCUT2D eigenvalue weighted by atomic mass is 16.5. The highest BCUT2D eigenvalue weighted by Crippen LogP contribution is 2.39. The largest absolute Gasteiger partial charge is 0.383 e. The molecule has 0 heterocycles. The number of ether oxygens (including phenoxy) is 1. The minimum atomic E-state index is 0.517. The Morgan fingerprint density at radius 2 is 1.90 bits per heavy atom. The number of nitrogens with one attached hydrogen (secondary N) is 1. The van der Waals surface area contributed by atoms with Crippen LogP contribution in [0.2, 0.25) is 0 Å². The van der Waals surface area contributed by atoms with Gasteiger partial charge < -0.3 is 10.1 Å². The molecule has 1 N–H and O–H groups in total. The van der Waals surface area contributed by atoms with Crippen molar-refractivity contribution in [2.24, 2.45) is 11.3 Å². The van der Waals surface area contributed by atoms with Crippen LogP contribution in [0.25, 0.3) is 0 Å². The van der Waals surface area contributed by atoms with E-state index in [1.54, 1.807) is 0 Å². The average molecular weight is 296 g/mol. The zero-order valence-corrected chi connectivity index (χ0v) is 14.5. The Labute approximate surface area is 131 Å². The van der Waals surface area contributed by atoms with Crippen LogP contribution in [0.3, 0.4) is 0 Å². The summed E-state index contributed by atoms with van der Waals surface area (Å²) in [6.45, 7) is 10.3. The molecule has 0 amide bonds. The lowest BCUT2D eigenvalue weighted by Crippen LogP contribution is -2.47. The number of rotatable bonds is 10. The maximum Gasteiger partial charge on any atom is 0.0589 e. The van der Waals surface area contributed by atoms with E-state index in [9.17, 15) is 0 Å². The summed E-state index contributed by atoms with van der Waals surface area (Å²) < 4.78 is 5.33. The first kappa shape index (κ1) is 17.2. The topological polar surface area (TPSA) is 24.5 Å². The molecule has 3 nitrogen and oxygen atoms in total. The van der Waals surface area contributed by atoms with Gasteiger partial charge in [0.15, 0.2) is 0 Å². The fourth-order valence-electron chi connectivity index (χ4n) is 3.79. The zero-order chi connectivity index (χ0) is 15.1. The Hall–Kier alpha value is -0.120. The molecule has 0 aromatic carbocycles. The van der Waals surface area contributed by atoms with Crippen LogP contribution in [0.4, 0.5) is 0 Å². The molecule has 2 rings (SSSR count). The van der Waals surface area contributed by atoms with Crippen LogP contribution in [0.15, 0.2) is 0 Å². The zero-order valence-electron chi connectivity index (χ0n) is 14.5. The minimum Gasteiger partial charge on any atom is -0.383 e. The molecule has 3 heteroatoms. The summed E-state index contributed by atoms with van der Waals surface area (Å²) in [6, 6.07) is 0.851. The second kappa shape index (κ2) is 8.50. The van der Waals surface area contributed by atoms with Gasteiger partial charge in [-0.1, -0.05) is 33.1 Å². The second-order valence-electron chi connectivity index (χ2n) is 7.78. The van der Waals surface area contributed by atoms with Crippen LogP contribution in [0, 0.1) is 11.3 Å². The van der Waals surface area contributed by atoms with Crippen molar-refractivity contribution in [3.63, 3.8) is 0 Å². The highest BCUT2D eigenvalue weighted by molar-refractivity contribution is 4.93. The monoisotopic (exact) mass is 296 g/mol. The smallest absolute Gasteiger partial charge is 0.0589 e. The minimum absolute atomic E-state index is 0.517. The first-order valence-electron chi connectivity index (χ1n) is 9.09. The molecule has 0 aliphatic heterocycles. The van der Waals surface area contributed by atoms with E-state index in [0.29, 0.717) is 5.41 Å². The van der Waals surface area contributed by atoms with Crippen molar-refractivity contribution in [3.05, 3.63) is 0 Å². The van der Waals surface area contributed by atoms with E-state index >= 15 is 0 Å². The van der Waals surface area contributed by atoms with Gasteiger partial charge in [-0.15, -0.1) is 0 Å². The fraction of sp³-hybridized carbons (Fsp3) is 1.00. The van der Waals surface area contributed by atoms with Crippen LogP contribution in [0.5, 0.6) is 0 Å². The summed E-state index contributed by atoms with van der Waals surface area (Å²) in [4.78, 5) is 2.73. The van der Waals surface area contributed by atoms with Crippen LogP contribution in [-0.4, -0.2) is 50.8 Å². The van der Waals surface area contributed by atoms with E-state index in [-0.39, 0.29) is 0 Å². The SMILES string of the molecule is COCCN(CC1(CNCC(C)C)CCCCC1)C1CC1. The Bertz CT molecular complexity index is 283. The first-order chi connectivity index (χ1) is 10.2. The molecule has 2 aliphatic rings. The molecule has 0 saturated heterocycles. The van der Waals surface area contributed by atoms with Crippen molar-refractivity contribution in [2.45, 2.75) is 64.8 Å². The van der Waals surface area contributed by atoms with Crippen molar-refractivity contribution in [2.75, 3.05) is 39.9 Å². The Morgan fingerprint density at radius 1 is 1.19 bits per heavy atom. The van der Waals surface area contributed by atoms with Crippen LogP contribution >= 0.6 is 0 Å². The third-order valence-corrected chi connectivity index (χ3v) is 5.15. The third-order valence-electron chi connectivity index (χ3n) is 5.15. The first-order valence-corrected chi connectivity index (χ1v) is 9.09. The molecule has 2 fully saturated rings. The Kier molecular flexibility index (Phi) is 6.97. The van der Waals surface area contributed by atoms with Crippen LogP contribution in [0.1, 0.15) is 58.8 Å². The average Bonchev–Trinajstić information content (AvgIpc) is 3.29. The molecular weight excluding hydrogens is 260 g/mol. The third kappa shape index (κ3) is 5.88. The van der Waals surface area contributed by atoms with E-state index in [1.807, 2.05) is 7.11 Å². The molecule has 0 radical (unpaired) electrons. The number of hydrogen-bond donors (Lipinski definition) is 1. The van der Waals surface area contributed by atoms with Gasteiger partial charge >= 0.3 is 0 Å². The summed E-state index contributed by atoms with van der Waals surface area (Å²) in [5, 5.41) is 3.76. The molecule has 0 bridgehead atoms. The van der Waals surface area contributed by atoms with E-state index in [1.165, 1.54) is 58.0 Å². The Morgan fingerprint density at radius 3 is 2.48 bits per heavy atom. The number of methoxy groups -OCH3 is 1. The van der Waals surface area contributed by atoms with E-state index in [2.05, 4.69) is 24.1 Å². The van der Waals surface area contributed by atoms with Crippen LogP contribution in [-0.2, 0) is 4.74 Å². The normalized spacial score (nSPS) is 22.1. The maximum absolute atomic E-state index is 5.33. The highest BCUT2D eigenvalue weighted by Gasteiger charge is 2.38. The van der Waals surface area contributed by atoms with Crippen molar-refractivity contribution in [1.29, 1.82) is 0 Å². The molecule has 2 saturated carbocycles. The van der Waals surface area contributed by atoms with Gasteiger partial charge in [0, 0.05) is 32.8 Å². The lowest BCUT2D eigenvalue weighted by molar-refractivity contribution is 0.0737. The van der Waals surface area contributed by atoms with Gasteiger partial charge in [0.2, 0.25) is 0 Å². The van der Waals surface area contributed by atoms with Gasteiger partial charge in [0.1, 0.15) is 0 Å². The van der Waals surface area contributed by atoms with E-state index in [4.69, 9.17) is 4.74 Å². The van der Waals surface area contributed by atoms with E-state index < -0.39 is 0 Å². The quantitative estimate of drug-likeness (QED) is 0.669. The van der Waals surface area contributed by atoms with Gasteiger partial charge in [-0.25, -0.2) is 0 Å². The van der Waals surface area contributed by atoms with E-state index in [0.717, 1.165) is 31.7 Å². The number of nitrogens with zero attached hydrogens (tertiary/aromatic N) is 1. The second-order valence-corrected chi connectivity index (χ2v) is 7.78. The number of hydrogen-bond acceptors (Lipinski definition) is 3. The molecule has 0 aromatic heterocycles. The molecule has 0 spiro atoms. The van der Waals surface area contributed by atoms with Gasteiger partial charge in [0.05, 0.1) is 6.61 Å². The summed E-state index contributed by atoms with van der Waals surface area (Å²) in [5.74, 6) is 0.749. The standard InChI is InChI=1S/C18H36N2O/c1-16(2)13-19-14-18(9-5-4-6-10-18)15-20(11-12-21-3)17-7-8-17/h16-17,19H,4-15H2,1-3H3. The van der Waals surface area contributed by atoms with Gasteiger partial charge in [-0.3, -0.25) is 4.90 Å². The summed E-state index contributed by atoms with van der Waals surface area (Å²) in [6.07, 6.45) is 9.91. The Balaban J connectivity index is 1.89. The maximum atomic E-state index is 5.33. The van der Waals surface area contributed by atoms with Gasteiger partial charge in [-0.2, -0.15) is 0 Å². The van der Waals surface area contributed by atoms with Crippen molar-refractivity contribution >= 4 is 0 Å². The molecule has 0 unspecified atom stereocenters. The molecule has 21 heavy (non-hydrogen) atoms. The van der Waals surface area contributed by atoms with Gasteiger partial charge in [-0.05, 0) is 43.6 Å². The molecule has 0 aromatic rings. The van der Waals surface area contributed by atoms with Crippen molar-refractivity contribution in [3.8, 4) is 0 Å². The lowest BCUT2D eigenvalue weighted by atomic mass is 9.73. The summed E-state index contributed by atoms with van der Waals surface area (Å²) >= 11 is 0. The predicted octanol–water partition coefficient (Wildman–Crippen LogP) is 3.29. The van der Waals surface area contributed by atoms with Gasteiger partial charge in [0.25, 0.3) is 0 Å². The molecular formula is C18H36N2O. The summed E-state index contributed by atoms with van der Waals surface area (Å²) in [5.41, 5.74) is 0.517. The van der Waals surface area contributed by atoms with Crippen molar-refractivity contribution < 1.29 is 4.74 Å². The predicted molar refractivity (Wildman–Crippen MR) is 89.7 cm³/mol. The van der Waals surface area contributed by atoms with Crippen molar-refractivity contribution in [1.82, 2.24) is 10.2 Å². The fourth-order valence-corrected chi connectivity index (χ4v) is 3.79. The molecule has 0 atom stereocenters. The molecule has 2 aliphatic carbocycles. The van der Waals surface area contributed by atoms with Crippen LogP contribution < -0.4 is 5.32 Å². The summed E-state index contributed by atoms with van der Waals surface area (Å²) in [7, 11) is 1.83.